The molecule has 0 aliphatic heterocycles. The Labute approximate surface area is 98.9 Å². The van der Waals surface area contributed by atoms with E-state index in [-0.39, 0.29) is 22.9 Å². The number of aromatic nitrogens is 2. The molecule has 1 heterocycles. The highest BCUT2D eigenvalue weighted by Gasteiger charge is 2.08. The van der Waals surface area contributed by atoms with Crippen molar-refractivity contribution in [2.45, 2.75) is 25.9 Å². The summed E-state index contributed by atoms with van der Waals surface area (Å²) in [5.74, 6) is -0.335. The Morgan fingerprint density at radius 1 is 1.62 bits per heavy atom. The molecular formula is C10H14ClN3O2. The molecule has 0 saturated heterocycles. The van der Waals surface area contributed by atoms with Gasteiger partial charge in [-0.15, -0.1) is 0 Å². The molecule has 1 aromatic rings. The van der Waals surface area contributed by atoms with Gasteiger partial charge in [0.05, 0.1) is 18.5 Å². The highest BCUT2D eigenvalue weighted by atomic mass is 35.5. The first-order valence-electron chi connectivity index (χ1n) is 5.07. The number of rotatable bonds is 5. The van der Waals surface area contributed by atoms with Crippen LogP contribution in [0.2, 0.25) is 5.15 Å². The van der Waals surface area contributed by atoms with Crippen molar-refractivity contribution in [3.05, 3.63) is 23.2 Å². The lowest BCUT2D eigenvalue weighted by Crippen LogP contribution is -2.27. The fraction of sp³-hybridized carbons (Fsp3) is 0.500. The van der Waals surface area contributed by atoms with Crippen molar-refractivity contribution in [1.29, 1.82) is 0 Å². The van der Waals surface area contributed by atoms with E-state index in [0.29, 0.717) is 19.4 Å². The van der Waals surface area contributed by atoms with E-state index in [0.717, 1.165) is 0 Å². The first-order valence-corrected chi connectivity index (χ1v) is 5.45. The Hall–Kier alpha value is -1.20. The van der Waals surface area contributed by atoms with Gasteiger partial charge in [-0.05, 0) is 12.8 Å². The number of aliphatic hydroxyl groups excluding tert-OH is 1. The van der Waals surface area contributed by atoms with E-state index >= 15 is 0 Å². The molecule has 1 unspecified atom stereocenters. The second-order valence-electron chi connectivity index (χ2n) is 3.33. The summed E-state index contributed by atoms with van der Waals surface area (Å²) in [7, 11) is 0. The maximum absolute atomic E-state index is 11.5. The first kappa shape index (κ1) is 12.9. The number of amides is 1. The van der Waals surface area contributed by atoms with Crippen LogP contribution in [0, 0.1) is 0 Å². The van der Waals surface area contributed by atoms with Gasteiger partial charge in [0.2, 0.25) is 0 Å². The molecule has 2 N–H and O–H groups in total. The fourth-order valence-corrected chi connectivity index (χ4v) is 1.25. The van der Waals surface area contributed by atoms with Crippen molar-refractivity contribution in [3.8, 4) is 0 Å². The van der Waals surface area contributed by atoms with Crippen LogP contribution in [0.4, 0.5) is 0 Å². The number of halogens is 1. The van der Waals surface area contributed by atoms with Crippen LogP contribution in [0.5, 0.6) is 0 Å². The van der Waals surface area contributed by atoms with Crippen molar-refractivity contribution in [2.75, 3.05) is 6.54 Å². The molecule has 0 saturated carbocycles. The predicted octanol–water partition coefficient (Wildman–Crippen LogP) is 1.02. The van der Waals surface area contributed by atoms with Gasteiger partial charge in [-0.3, -0.25) is 9.78 Å². The Morgan fingerprint density at radius 3 is 3.00 bits per heavy atom. The molecule has 16 heavy (non-hydrogen) atoms. The van der Waals surface area contributed by atoms with Crippen molar-refractivity contribution in [1.82, 2.24) is 15.3 Å². The molecule has 1 amide bonds. The summed E-state index contributed by atoms with van der Waals surface area (Å²) in [5, 5.41) is 12.1. The van der Waals surface area contributed by atoms with Crippen molar-refractivity contribution >= 4 is 17.5 Å². The molecule has 6 heteroatoms. The van der Waals surface area contributed by atoms with Crippen LogP contribution in [-0.2, 0) is 0 Å². The topological polar surface area (TPSA) is 75.1 Å². The average Bonchev–Trinajstić information content (AvgIpc) is 2.28. The molecule has 1 rings (SSSR count). The zero-order valence-corrected chi connectivity index (χ0v) is 9.74. The van der Waals surface area contributed by atoms with E-state index in [1.165, 1.54) is 12.4 Å². The number of carbonyl (C=O) groups is 1. The van der Waals surface area contributed by atoms with Crippen LogP contribution in [0.25, 0.3) is 0 Å². The molecule has 0 aliphatic rings. The Bertz CT molecular complexity index is 360. The van der Waals surface area contributed by atoms with Crippen LogP contribution in [0.3, 0.4) is 0 Å². The SMILES string of the molecule is CCC(O)CCNC(=O)c1cncc(Cl)n1. The number of nitrogens with zero attached hydrogens (tertiary/aromatic N) is 2. The normalized spacial score (nSPS) is 12.2. The zero-order valence-electron chi connectivity index (χ0n) is 8.98. The minimum Gasteiger partial charge on any atom is -0.393 e. The standard InChI is InChI=1S/C10H14ClN3O2/c1-2-7(15)3-4-13-10(16)8-5-12-6-9(11)14-8/h5-7,15H,2-4H2,1H3,(H,13,16). The summed E-state index contributed by atoms with van der Waals surface area (Å²) in [6.07, 6.45) is 3.52. The minimum atomic E-state index is -0.384. The predicted molar refractivity (Wildman–Crippen MR) is 60.3 cm³/mol. The third-order valence-corrected chi connectivity index (χ3v) is 2.25. The van der Waals surface area contributed by atoms with Crippen molar-refractivity contribution in [3.63, 3.8) is 0 Å². The van der Waals surface area contributed by atoms with Gasteiger partial charge >= 0.3 is 0 Å². The summed E-state index contributed by atoms with van der Waals surface area (Å²) >= 11 is 5.60. The summed E-state index contributed by atoms with van der Waals surface area (Å²) in [6.45, 7) is 2.29. The zero-order chi connectivity index (χ0) is 12.0. The average molecular weight is 244 g/mol. The molecule has 0 fully saturated rings. The van der Waals surface area contributed by atoms with E-state index < -0.39 is 0 Å². The van der Waals surface area contributed by atoms with E-state index in [2.05, 4.69) is 15.3 Å². The van der Waals surface area contributed by atoms with E-state index in [4.69, 9.17) is 11.6 Å². The van der Waals surface area contributed by atoms with E-state index in [1.807, 2.05) is 6.92 Å². The van der Waals surface area contributed by atoms with Gasteiger partial charge in [-0.2, -0.15) is 0 Å². The lowest BCUT2D eigenvalue weighted by molar-refractivity contribution is 0.0936. The number of carbonyl (C=O) groups excluding carboxylic acids is 1. The van der Waals surface area contributed by atoms with Crippen LogP contribution < -0.4 is 5.32 Å². The van der Waals surface area contributed by atoms with Gasteiger partial charge in [0.1, 0.15) is 10.8 Å². The number of aliphatic hydroxyl groups is 1. The maximum Gasteiger partial charge on any atom is 0.271 e. The molecule has 0 aromatic carbocycles. The van der Waals surface area contributed by atoms with Gasteiger partial charge in [-0.1, -0.05) is 18.5 Å². The van der Waals surface area contributed by atoms with Crippen LogP contribution in [-0.4, -0.2) is 33.6 Å². The van der Waals surface area contributed by atoms with Gasteiger partial charge in [-0.25, -0.2) is 4.98 Å². The molecule has 1 atom stereocenters. The van der Waals surface area contributed by atoms with Gasteiger partial charge < -0.3 is 10.4 Å². The van der Waals surface area contributed by atoms with E-state index in [9.17, 15) is 9.90 Å². The third kappa shape index (κ3) is 4.12. The summed E-state index contributed by atoms with van der Waals surface area (Å²) < 4.78 is 0. The van der Waals surface area contributed by atoms with Crippen molar-refractivity contribution in [2.24, 2.45) is 0 Å². The molecule has 0 radical (unpaired) electrons. The number of hydrogen-bond donors (Lipinski definition) is 2. The van der Waals surface area contributed by atoms with Gasteiger partial charge in [0.25, 0.3) is 5.91 Å². The van der Waals surface area contributed by atoms with Gasteiger partial charge in [0, 0.05) is 6.54 Å². The van der Waals surface area contributed by atoms with Crippen molar-refractivity contribution < 1.29 is 9.90 Å². The van der Waals surface area contributed by atoms with Crippen LogP contribution in [0.1, 0.15) is 30.3 Å². The molecule has 5 nitrogen and oxygen atoms in total. The molecule has 0 bridgehead atoms. The molecule has 1 aromatic heterocycles. The molecular weight excluding hydrogens is 230 g/mol. The fourth-order valence-electron chi connectivity index (χ4n) is 1.10. The second kappa shape index (κ2) is 6.40. The lowest BCUT2D eigenvalue weighted by Gasteiger charge is -2.08. The van der Waals surface area contributed by atoms with Crippen LogP contribution >= 0.6 is 11.6 Å². The highest BCUT2D eigenvalue weighted by molar-refractivity contribution is 6.29. The Kier molecular flexibility index (Phi) is 5.14. The Balaban J connectivity index is 2.41. The Morgan fingerprint density at radius 2 is 2.38 bits per heavy atom. The highest BCUT2D eigenvalue weighted by Crippen LogP contribution is 2.02. The lowest BCUT2D eigenvalue weighted by atomic mass is 10.2. The maximum atomic E-state index is 11.5. The quantitative estimate of drug-likeness (QED) is 0.810. The largest absolute Gasteiger partial charge is 0.393 e. The molecule has 0 spiro atoms. The second-order valence-corrected chi connectivity index (χ2v) is 3.72. The summed E-state index contributed by atoms with van der Waals surface area (Å²) in [4.78, 5) is 19.1. The molecule has 88 valence electrons. The van der Waals surface area contributed by atoms with Crippen LogP contribution in [0.15, 0.2) is 12.4 Å². The van der Waals surface area contributed by atoms with E-state index in [1.54, 1.807) is 0 Å². The third-order valence-electron chi connectivity index (χ3n) is 2.07. The summed E-state index contributed by atoms with van der Waals surface area (Å²) in [5.41, 5.74) is 0.179. The minimum absolute atomic E-state index is 0.179. The number of nitrogens with one attached hydrogen (secondary N) is 1. The smallest absolute Gasteiger partial charge is 0.271 e. The summed E-state index contributed by atoms with van der Waals surface area (Å²) in [6, 6.07) is 0. The molecule has 0 aliphatic carbocycles. The monoisotopic (exact) mass is 243 g/mol. The first-order chi connectivity index (χ1) is 7.63. The van der Waals surface area contributed by atoms with Gasteiger partial charge in [0.15, 0.2) is 0 Å². The number of hydrogen-bond acceptors (Lipinski definition) is 4.